The van der Waals surface area contributed by atoms with E-state index >= 15 is 0 Å². The number of thiophene rings is 1. The number of rotatable bonds is 2. The molecule has 0 atom stereocenters. The molecular formula is C14H19N3OS. The first-order valence-electron chi connectivity index (χ1n) is 6.44. The zero-order chi connectivity index (χ0) is 14.0. The molecular weight excluding hydrogens is 258 g/mol. The monoisotopic (exact) mass is 277 g/mol. The van der Waals surface area contributed by atoms with Crippen molar-refractivity contribution < 1.29 is 4.79 Å². The second-order valence-electron chi connectivity index (χ2n) is 5.42. The Morgan fingerprint density at radius 2 is 1.95 bits per heavy atom. The maximum atomic E-state index is 12.4. The van der Waals surface area contributed by atoms with Gasteiger partial charge in [0.2, 0.25) is 0 Å². The summed E-state index contributed by atoms with van der Waals surface area (Å²) >= 11 is 1.57. The predicted molar refractivity (Wildman–Crippen MR) is 76.2 cm³/mol. The topological polar surface area (TPSA) is 47.3 Å². The Morgan fingerprint density at radius 3 is 2.42 bits per heavy atom. The lowest BCUT2D eigenvalue weighted by Gasteiger charge is -2.40. The van der Waals surface area contributed by atoms with Crippen LogP contribution < -0.4 is 0 Å². The van der Waals surface area contributed by atoms with Gasteiger partial charge in [-0.15, -0.1) is 0 Å². The molecule has 0 spiro atoms. The summed E-state index contributed by atoms with van der Waals surface area (Å²) in [5, 5.41) is 13.1. The number of hydrogen-bond donors (Lipinski definition) is 0. The van der Waals surface area contributed by atoms with Crippen molar-refractivity contribution in [2.24, 2.45) is 0 Å². The molecule has 2 heterocycles. The fourth-order valence-corrected chi connectivity index (χ4v) is 3.11. The van der Waals surface area contributed by atoms with Gasteiger partial charge in [-0.3, -0.25) is 9.69 Å². The zero-order valence-corrected chi connectivity index (χ0v) is 12.5. The zero-order valence-electron chi connectivity index (χ0n) is 11.6. The smallest absolute Gasteiger partial charge is 0.255 e. The quantitative estimate of drug-likeness (QED) is 0.832. The standard InChI is InChI=1S/C14H19N3OS/c1-11-8-19-9-12(11)13(18)16-4-6-17(7-5-16)14(2,3)10-15/h8-9H,4-7H2,1-3H3. The van der Waals surface area contributed by atoms with E-state index in [0.717, 1.165) is 24.2 Å². The van der Waals surface area contributed by atoms with Crippen molar-refractivity contribution >= 4 is 17.2 Å². The summed E-state index contributed by atoms with van der Waals surface area (Å²) in [7, 11) is 0. The molecule has 0 N–H and O–H groups in total. The number of carbonyl (C=O) groups excluding carboxylic acids is 1. The summed E-state index contributed by atoms with van der Waals surface area (Å²) in [6.07, 6.45) is 0. The molecule has 0 aliphatic carbocycles. The minimum absolute atomic E-state index is 0.119. The molecule has 1 aliphatic heterocycles. The normalized spacial score (nSPS) is 17.3. The molecule has 102 valence electrons. The maximum Gasteiger partial charge on any atom is 0.255 e. The minimum atomic E-state index is -0.451. The number of piperazine rings is 1. The van der Waals surface area contributed by atoms with E-state index in [0.29, 0.717) is 13.1 Å². The summed E-state index contributed by atoms with van der Waals surface area (Å²) < 4.78 is 0. The molecule has 1 amide bonds. The maximum absolute atomic E-state index is 12.4. The van der Waals surface area contributed by atoms with Gasteiger partial charge in [-0.1, -0.05) is 0 Å². The molecule has 1 aromatic rings. The average Bonchev–Trinajstić information content (AvgIpc) is 2.84. The van der Waals surface area contributed by atoms with E-state index in [9.17, 15) is 4.79 Å². The number of nitriles is 1. The van der Waals surface area contributed by atoms with Gasteiger partial charge in [-0.25, -0.2) is 0 Å². The molecule has 0 unspecified atom stereocenters. The van der Waals surface area contributed by atoms with Crippen LogP contribution in [0.15, 0.2) is 10.8 Å². The van der Waals surface area contributed by atoms with E-state index in [-0.39, 0.29) is 5.91 Å². The summed E-state index contributed by atoms with van der Waals surface area (Å²) in [5.41, 5.74) is 1.42. The van der Waals surface area contributed by atoms with Crippen LogP contribution >= 0.6 is 11.3 Å². The second kappa shape index (κ2) is 5.32. The van der Waals surface area contributed by atoms with Crippen LogP contribution in [0.1, 0.15) is 29.8 Å². The van der Waals surface area contributed by atoms with Crippen LogP contribution in [-0.4, -0.2) is 47.4 Å². The van der Waals surface area contributed by atoms with Crippen LogP contribution in [0.25, 0.3) is 0 Å². The average molecular weight is 277 g/mol. The highest BCUT2D eigenvalue weighted by Gasteiger charge is 2.31. The molecule has 2 rings (SSSR count). The van der Waals surface area contributed by atoms with Crippen LogP contribution in [-0.2, 0) is 0 Å². The van der Waals surface area contributed by atoms with Gasteiger partial charge in [-0.05, 0) is 31.7 Å². The second-order valence-corrected chi connectivity index (χ2v) is 6.16. The van der Waals surface area contributed by atoms with Gasteiger partial charge in [-0.2, -0.15) is 16.6 Å². The Morgan fingerprint density at radius 1 is 1.32 bits per heavy atom. The minimum Gasteiger partial charge on any atom is -0.336 e. The van der Waals surface area contributed by atoms with Crippen LogP contribution in [0.4, 0.5) is 0 Å². The van der Waals surface area contributed by atoms with Crippen molar-refractivity contribution in [3.63, 3.8) is 0 Å². The SMILES string of the molecule is Cc1cscc1C(=O)N1CCN(C(C)(C)C#N)CC1. The van der Waals surface area contributed by atoms with Crippen molar-refractivity contribution in [3.05, 3.63) is 21.9 Å². The lowest BCUT2D eigenvalue weighted by atomic mass is 10.0. The van der Waals surface area contributed by atoms with Crippen LogP contribution in [0.5, 0.6) is 0 Å². The first-order chi connectivity index (χ1) is 8.95. The Labute approximate surface area is 118 Å². The summed E-state index contributed by atoms with van der Waals surface area (Å²) in [6.45, 7) is 8.73. The van der Waals surface area contributed by atoms with Crippen LogP contribution in [0.3, 0.4) is 0 Å². The Hall–Kier alpha value is -1.38. The molecule has 0 saturated carbocycles. The highest BCUT2D eigenvalue weighted by Crippen LogP contribution is 2.20. The van der Waals surface area contributed by atoms with E-state index in [1.165, 1.54) is 0 Å². The summed E-state index contributed by atoms with van der Waals surface area (Å²) in [5.74, 6) is 0.119. The molecule has 1 fully saturated rings. The fourth-order valence-electron chi connectivity index (χ4n) is 2.29. The Kier molecular flexibility index (Phi) is 3.93. The fraction of sp³-hybridized carbons (Fsp3) is 0.571. The predicted octanol–water partition coefficient (Wildman–Crippen LogP) is 2.12. The van der Waals surface area contributed by atoms with Gasteiger partial charge in [0, 0.05) is 31.6 Å². The molecule has 0 aromatic carbocycles. The molecule has 1 saturated heterocycles. The lowest BCUT2D eigenvalue weighted by molar-refractivity contribution is 0.0521. The number of carbonyl (C=O) groups is 1. The highest BCUT2D eigenvalue weighted by molar-refractivity contribution is 7.08. The summed E-state index contributed by atoms with van der Waals surface area (Å²) in [6, 6.07) is 2.32. The molecule has 0 bridgehead atoms. The third kappa shape index (κ3) is 2.80. The van der Waals surface area contributed by atoms with E-state index in [2.05, 4.69) is 11.0 Å². The van der Waals surface area contributed by atoms with Crippen LogP contribution in [0.2, 0.25) is 0 Å². The van der Waals surface area contributed by atoms with Crippen molar-refractivity contribution in [2.75, 3.05) is 26.2 Å². The Balaban J connectivity index is 2.00. The number of nitrogens with zero attached hydrogens (tertiary/aromatic N) is 3. The van der Waals surface area contributed by atoms with E-state index in [1.54, 1.807) is 11.3 Å². The Bertz CT molecular complexity index is 507. The number of aryl methyl sites for hydroxylation is 1. The van der Waals surface area contributed by atoms with E-state index in [4.69, 9.17) is 5.26 Å². The van der Waals surface area contributed by atoms with Gasteiger partial charge in [0.25, 0.3) is 5.91 Å². The largest absolute Gasteiger partial charge is 0.336 e. The number of hydrogen-bond acceptors (Lipinski definition) is 4. The molecule has 19 heavy (non-hydrogen) atoms. The van der Waals surface area contributed by atoms with Gasteiger partial charge in [0.05, 0.1) is 11.6 Å². The molecule has 1 aliphatic rings. The third-order valence-electron chi connectivity index (χ3n) is 3.72. The highest BCUT2D eigenvalue weighted by atomic mass is 32.1. The van der Waals surface area contributed by atoms with Gasteiger partial charge < -0.3 is 4.90 Å². The van der Waals surface area contributed by atoms with Gasteiger partial charge in [0.15, 0.2) is 0 Å². The lowest BCUT2D eigenvalue weighted by Crippen LogP contribution is -2.55. The molecule has 0 radical (unpaired) electrons. The van der Waals surface area contributed by atoms with Crippen molar-refractivity contribution in [2.45, 2.75) is 26.3 Å². The van der Waals surface area contributed by atoms with Gasteiger partial charge >= 0.3 is 0 Å². The first-order valence-corrected chi connectivity index (χ1v) is 7.38. The van der Waals surface area contributed by atoms with E-state index in [1.807, 2.05) is 36.4 Å². The van der Waals surface area contributed by atoms with Gasteiger partial charge in [0.1, 0.15) is 5.54 Å². The van der Waals surface area contributed by atoms with Crippen molar-refractivity contribution in [1.29, 1.82) is 5.26 Å². The first kappa shape index (κ1) is 14.0. The molecule has 4 nitrogen and oxygen atoms in total. The summed E-state index contributed by atoms with van der Waals surface area (Å²) in [4.78, 5) is 16.4. The third-order valence-corrected chi connectivity index (χ3v) is 4.58. The van der Waals surface area contributed by atoms with Crippen molar-refractivity contribution in [3.8, 4) is 6.07 Å². The molecule has 1 aromatic heterocycles. The van der Waals surface area contributed by atoms with E-state index < -0.39 is 5.54 Å². The molecule has 5 heteroatoms. The van der Waals surface area contributed by atoms with Crippen molar-refractivity contribution in [1.82, 2.24) is 9.80 Å². The van der Waals surface area contributed by atoms with Crippen LogP contribution in [0, 0.1) is 18.3 Å². The number of amides is 1.